The van der Waals surface area contributed by atoms with Crippen LogP contribution in [0.3, 0.4) is 0 Å². The molecule has 0 heterocycles. The van der Waals surface area contributed by atoms with Crippen molar-refractivity contribution in [2.75, 3.05) is 14.2 Å². The summed E-state index contributed by atoms with van der Waals surface area (Å²) in [5.41, 5.74) is -0.806. The lowest BCUT2D eigenvalue weighted by atomic mass is 9.96. The maximum Gasteiger partial charge on any atom is 0.325 e. The van der Waals surface area contributed by atoms with Crippen molar-refractivity contribution < 1.29 is 18.3 Å². The molecule has 1 aromatic carbocycles. The Hall–Kier alpha value is -1.14. The number of benzene rings is 1. The molecule has 0 saturated carbocycles. The highest BCUT2D eigenvalue weighted by atomic mass is 32.2. The quantitative estimate of drug-likeness (QED) is 0.648. The highest BCUT2D eigenvalue weighted by Gasteiger charge is 2.34. The molecule has 1 aromatic rings. The molecule has 0 aliphatic heterocycles. The fourth-order valence-electron chi connectivity index (χ4n) is 1.91. The lowest BCUT2D eigenvalue weighted by molar-refractivity contribution is -0.147. The first-order valence-electron chi connectivity index (χ1n) is 6.21. The van der Waals surface area contributed by atoms with E-state index in [0.717, 1.165) is 12.1 Å². The highest BCUT2D eigenvalue weighted by molar-refractivity contribution is 7.99. The average molecular weight is 303 g/mol. The molecule has 6 heteroatoms. The summed E-state index contributed by atoms with van der Waals surface area (Å²) < 4.78 is 30.8. The van der Waals surface area contributed by atoms with Gasteiger partial charge in [-0.15, -0.1) is 11.8 Å². The topological polar surface area (TPSA) is 38.3 Å². The van der Waals surface area contributed by atoms with Gasteiger partial charge in [-0.25, -0.2) is 8.78 Å². The number of carbonyl (C=O) groups is 1. The number of rotatable bonds is 6. The van der Waals surface area contributed by atoms with Crippen molar-refractivity contribution in [3.8, 4) is 0 Å². The first-order valence-corrected chi connectivity index (χ1v) is 7.09. The van der Waals surface area contributed by atoms with E-state index in [1.165, 1.54) is 24.9 Å². The standard InChI is InChI=1S/C14H19F2NO2S/c1-9(8-14(2,17-3)13(18)19-4)20-10-5-6-11(15)12(16)7-10/h5-7,9,17H,8H2,1-4H3. The zero-order chi connectivity index (χ0) is 15.3. The normalized spacial score (nSPS) is 15.5. The fourth-order valence-corrected chi connectivity index (χ4v) is 3.11. The van der Waals surface area contributed by atoms with E-state index in [0.29, 0.717) is 11.3 Å². The first kappa shape index (κ1) is 16.9. The number of hydrogen-bond donors (Lipinski definition) is 1. The van der Waals surface area contributed by atoms with Gasteiger partial charge in [0.25, 0.3) is 0 Å². The molecule has 0 aliphatic rings. The molecule has 1 rings (SSSR count). The summed E-state index contributed by atoms with van der Waals surface area (Å²) >= 11 is 1.38. The third-order valence-corrected chi connectivity index (χ3v) is 4.21. The van der Waals surface area contributed by atoms with Crippen LogP contribution in [0.25, 0.3) is 0 Å². The van der Waals surface area contributed by atoms with Crippen molar-refractivity contribution in [1.29, 1.82) is 0 Å². The molecule has 112 valence electrons. The monoisotopic (exact) mass is 303 g/mol. The van der Waals surface area contributed by atoms with Gasteiger partial charge in [0, 0.05) is 10.1 Å². The van der Waals surface area contributed by atoms with Crippen molar-refractivity contribution >= 4 is 17.7 Å². The number of halogens is 2. The number of ether oxygens (including phenoxy) is 1. The number of hydrogen-bond acceptors (Lipinski definition) is 4. The lowest BCUT2D eigenvalue weighted by Crippen LogP contribution is -2.49. The van der Waals surface area contributed by atoms with Crippen LogP contribution in [0, 0.1) is 11.6 Å². The van der Waals surface area contributed by atoms with Gasteiger partial charge in [-0.3, -0.25) is 4.79 Å². The van der Waals surface area contributed by atoms with Crippen LogP contribution in [-0.4, -0.2) is 30.9 Å². The summed E-state index contributed by atoms with van der Waals surface area (Å²) in [6, 6.07) is 3.78. The summed E-state index contributed by atoms with van der Waals surface area (Å²) in [4.78, 5) is 12.4. The molecule has 2 unspecified atom stereocenters. The molecular formula is C14H19F2NO2S. The predicted octanol–water partition coefficient (Wildman–Crippen LogP) is 2.99. The largest absolute Gasteiger partial charge is 0.468 e. The van der Waals surface area contributed by atoms with Crippen molar-refractivity contribution in [3.63, 3.8) is 0 Å². The first-order chi connectivity index (χ1) is 9.32. The molecule has 2 atom stereocenters. The van der Waals surface area contributed by atoms with Crippen LogP contribution < -0.4 is 5.32 Å². The van der Waals surface area contributed by atoms with Gasteiger partial charge in [0.15, 0.2) is 11.6 Å². The van der Waals surface area contributed by atoms with E-state index >= 15 is 0 Å². The summed E-state index contributed by atoms with van der Waals surface area (Å²) in [5, 5.41) is 2.97. The second kappa shape index (κ2) is 7.04. The Morgan fingerprint density at radius 3 is 2.60 bits per heavy atom. The number of methoxy groups -OCH3 is 1. The molecular weight excluding hydrogens is 284 g/mol. The molecule has 1 N–H and O–H groups in total. The van der Waals surface area contributed by atoms with Gasteiger partial charge in [-0.2, -0.15) is 0 Å². The second-order valence-electron chi connectivity index (χ2n) is 4.78. The number of esters is 1. The molecule has 0 bridgehead atoms. The predicted molar refractivity (Wildman–Crippen MR) is 75.8 cm³/mol. The Bertz CT molecular complexity index is 484. The minimum absolute atomic E-state index is 0.0245. The summed E-state index contributed by atoms with van der Waals surface area (Å²) in [6.45, 7) is 3.67. The molecule has 0 radical (unpaired) electrons. The smallest absolute Gasteiger partial charge is 0.325 e. The second-order valence-corrected chi connectivity index (χ2v) is 6.29. The fraction of sp³-hybridized carbons (Fsp3) is 0.500. The zero-order valence-corrected chi connectivity index (χ0v) is 12.8. The van der Waals surface area contributed by atoms with Crippen molar-refractivity contribution in [3.05, 3.63) is 29.8 Å². The molecule has 0 aromatic heterocycles. The van der Waals surface area contributed by atoms with Gasteiger partial charge in [0.05, 0.1) is 7.11 Å². The highest BCUT2D eigenvalue weighted by Crippen LogP contribution is 2.30. The van der Waals surface area contributed by atoms with Gasteiger partial charge in [-0.1, -0.05) is 6.92 Å². The van der Waals surface area contributed by atoms with Gasteiger partial charge < -0.3 is 10.1 Å². The Balaban J connectivity index is 2.73. The minimum atomic E-state index is -0.869. The number of nitrogens with one attached hydrogen (secondary N) is 1. The van der Waals surface area contributed by atoms with Crippen LogP contribution in [0.2, 0.25) is 0 Å². The Labute approximate surface area is 122 Å². The van der Waals surface area contributed by atoms with Gasteiger partial charge in [-0.05, 0) is 38.6 Å². The van der Waals surface area contributed by atoms with Gasteiger partial charge in [0.2, 0.25) is 0 Å². The molecule has 20 heavy (non-hydrogen) atoms. The Morgan fingerprint density at radius 2 is 2.10 bits per heavy atom. The van der Waals surface area contributed by atoms with Crippen LogP contribution in [0.4, 0.5) is 8.78 Å². The van der Waals surface area contributed by atoms with E-state index in [1.54, 1.807) is 14.0 Å². The molecule has 0 fully saturated rings. The summed E-state index contributed by atoms with van der Waals surface area (Å²) in [7, 11) is 3.02. The third kappa shape index (κ3) is 4.18. The maximum atomic E-state index is 13.1. The van der Waals surface area contributed by atoms with Crippen LogP contribution in [0.15, 0.2) is 23.1 Å². The lowest BCUT2D eigenvalue weighted by Gasteiger charge is -2.28. The van der Waals surface area contributed by atoms with Crippen molar-refractivity contribution in [1.82, 2.24) is 5.32 Å². The Kier molecular flexibility index (Phi) is 5.95. The van der Waals surface area contributed by atoms with Crippen LogP contribution in [-0.2, 0) is 9.53 Å². The third-order valence-electron chi connectivity index (χ3n) is 3.11. The van der Waals surface area contributed by atoms with E-state index in [1.807, 2.05) is 6.92 Å². The number of thioether (sulfide) groups is 1. The van der Waals surface area contributed by atoms with E-state index < -0.39 is 17.2 Å². The van der Waals surface area contributed by atoms with Crippen LogP contribution in [0.1, 0.15) is 20.3 Å². The Morgan fingerprint density at radius 1 is 1.45 bits per heavy atom. The van der Waals surface area contributed by atoms with Crippen molar-refractivity contribution in [2.24, 2.45) is 0 Å². The van der Waals surface area contributed by atoms with E-state index in [-0.39, 0.29) is 11.2 Å². The molecule has 0 spiro atoms. The van der Waals surface area contributed by atoms with Crippen LogP contribution >= 0.6 is 11.8 Å². The minimum Gasteiger partial charge on any atom is -0.468 e. The number of likely N-dealkylation sites (N-methyl/N-ethyl adjacent to an activating group) is 1. The zero-order valence-electron chi connectivity index (χ0n) is 12.0. The number of carbonyl (C=O) groups excluding carboxylic acids is 1. The van der Waals surface area contributed by atoms with E-state index in [9.17, 15) is 13.6 Å². The molecule has 0 aliphatic carbocycles. The molecule has 0 saturated heterocycles. The van der Waals surface area contributed by atoms with Gasteiger partial charge in [0.1, 0.15) is 5.54 Å². The van der Waals surface area contributed by atoms with Crippen LogP contribution in [0.5, 0.6) is 0 Å². The average Bonchev–Trinajstić information content (AvgIpc) is 2.41. The molecule has 3 nitrogen and oxygen atoms in total. The summed E-state index contributed by atoms with van der Waals surface area (Å²) in [6.07, 6.45) is 0.500. The maximum absolute atomic E-state index is 13.1. The SMILES string of the molecule is CNC(C)(CC(C)Sc1ccc(F)c(F)c1)C(=O)OC. The van der Waals surface area contributed by atoms with E-state index in [4.69, 9.17) is 4.74 Å². The van der Waals surface area contributed by atoms with Crippen molar-refractivity contribution in [2.45, 2.75) is 36.0 Å². The summed E-state index contributed by atoms with van der Waals surface area (Å²) in [5.74, 6) is -2.08. The molecule has 0 amide bonds. The van der Waals surface area contributed by atoms with E-state index in [2.05, 4.69) is 5.32 Å². The van der Waals surface area contributed by atoms with Gasteiger partial charge >= 0.3 is 5.97 Å².